The summed E-state index contributed by atoms with van der Waals surface area (Å²) < 4.78 is 7.19. The fourth-order valence-electron chi connectivity index (χ4n) is 3.04. The lowest BCUT2D eigenvalue weighted by Gasteiger charge is -2.15. The van der Waals surface area contributed by atoms with Gasteiger partial charge in [0.2, 0.25) is 5.91 Å². The van der Waals surface area contributed by atoms with Crippen LogP contribution in [0.1, 0.15) is 12.0 Å². The van der Waals surface area contributed by atoms with Crippen molar-refractivity contribution in [1.29, 1.82) is 0 Å². The number of hydrogen-bond donors (Lipinski definition) is 2. The second kappa shape index (κ2) is 8.40. The molecule has 1 heterocycles. The minimum Gasteiger partial charge on any atom is -0.497 e. The molecule has 1 amide bonds. The van der Waals surface area contributed by atoms with Crippen molar-refractivity contribution in [3.63, 3.8) is 0 Å². The molecule has 0 aliphatic carbocycles. The van der Waals surface area contributed by atoms with E-state index in [9.17, 15) is 14.7 Å². The van der Waals surface area contributed by atoms with Crippen molar-refractivity contribution in [2.75, 3.05) is 7.11 Å². The summed E-state index contributed by atoms with van der Waals surface area (Å²) >= 11 is 0. The molecule has 0 aliphatic heterocycles. The first-order valence-electron chi connectivity index (χ1n) is 8.76. The van der Waals surface area contributed by atoms with Crippen LogP contribution in [-0.2, 0) is 22.6 Å². The fraction of sp³-hybridized carbons (Fsp3) is 0.238. The van der Waals surface area contributed by atoms with Gasteiger partial charge in [0.1, 0.15) is 11.8 Å². The Kier molecular flexibility index (Phi) is 5.76. The highest BCUT2D eigenvalue weighted by Gasteiger charge is 2.20. The maximum absolute atomic E-state index is 12.3. The summed E-state index contributed by atoms with van der Waals surface area (Å²) in [6.45, 7) is 0.472. The summed E-state index contributed by atoms with van der Waals surface area (Å²) in [5.41, 5.74) is 1.87. The molecule has 0 radical (unpaired) electrons. The SMILES string of the molecule is COc1ccc2c(ccn2CCC(=O)NC(Cc2ccccc2)C(=O)O)c1. The van der Waals surface area contributed by atoms with Gasteiger partial charge in [0, 0.05) is 36.5 Å². The van der Waals surface area contributed by atoms with Crippen molar-refractivity contribution in [2.24, 2.45) is 0 Å². The highest BCUT2D eigenvalue weighted by atomic mass is 16.5. The largest absolute Gasteiger partial charge is 0.497 e. The van der Waals surface area contributed by atoms with E-state index in [1.807, 2.05) is 65.4 Å². The molecular formula is C21H22N2O4. The van der Waals surface area contributed by atoms with Crippen LogP contribution in [0.25, 0.3) is 10.9 Å². The Morgan fingerprint density at radius 3 is 2.63 bits per heavy atom. The molecule has 6 heteroatoms. The number of carbonyl (C=O) groups is 2. The summed E-state index contributed by atoms with van der Waals surface area (Å²) in [6.07, 6.45) is 2.37. The third-order valence-electron chi connectivity index (χ3n) is 4.47. The van der Waals surface area contributed by atoms with Crippen molar-refractivity contribution >= 4 is 22.8 Å². The molecular weight excluding hydrogens is 344 g/mol. The molecule has 140 valence electrons. The van der Waals surface area contributed by atoms with Crippen molar-refractivity contribution < 1.29 is 19.4 Å². The quantitative estimate of drug-likeness (QED) is 0.642. The van der Waals surface area contributed by atoms with Gasteiger partial charge in [-0.1, -0.05) is 30.3 Å². The highest BCUT2D eigenvalue weighted by molar-refractivity contribution is 5.84. The average molecular weight is 366 g/mol. The van der Waals surface area contributed by atoms with Gasteiger partial charge in [-0.15, -0.1) is 0 Å². The smallest absolute Gasteiger partial charge is 0.326 e. The second-order valence-corrected chi connectivity index (χ2v) is 6.33. The number of methoxy groups -OCH3 is 1. The molecule has 0 bridgehead atoms. The zero-order valence-corrected chi connectivity index (χ0v) is 15.1. The van der Waals surface area contributed by atoms with Gasteiger partial charge >= 0.3 is 5.97 Å². The summed E-state index contributed by atoms with van der Waals surface area (Å²) in [6, 6.07) is 16.0. The first-order valence-corrected chi connectivity index (χ1v) is 8.76. The summed E-state index contributed by atoms with van der Waals surface area (Å²) in [4.78, 5) is 23.7. The van der Waals surface area contributed by atoms with E-state index in [1.165, 1.54) is 0 Å². The number of rotatable bonds is 8. The topological polar surface area (TPSA) is 80.6 Å². The normalized spacial score (nSPS) is 11.9. The molecule has 3 aromatic rings. The predicted molar refractivity (Wildman–Crippen MR) is 103 cm³/mol. The Balaban J connectivity index is 1.60. The van der Waals surface area contributed by atoms with Crippen molar-refractivity contribution in [3.8, 4) is 5.75 Å². The minimum atomic E-state index is -1.04. The molecule has 2 aromatic carbocycles. The zero-order chi connectivity index (χ0) is 19.2. The van der Waals surface area contributed by atoms with Crippen LogP contribution in [0.5, 0.6) is 5.75 Å². The van der Waals surface area contributed by atoms with E-state index in [0.717, 1.165) is 22.2 Å². The van der Waals surface area contributed by atoms with Crippen LogP contribution in [0.3, 0.4) is 0 Å². The molecule has 3 rings (SSSR count). The van der Waals surface area contributed by atoms with E-state index in [0.29, 0.717) is 6.54 Å². The maximum Gasteiger partial charge on any atom is 0.326 e. The van der Waals surface area contributed by atoms with Crippen LogP contribution < -0.4 is 10.1 Å². The number of amides is 1. The Morgan fingerprint density at radius 1 is 1.15 bits per heavy atom. The minimum absolute atomic E-state index is 0.203. The Labute approximate surface area is 157 Å². The van der Waals surface area contributed by atoms with E-state index in [-0.39, 0.29) is 18.7 Å². The monoisotopic (exact) mass is 366 g/mol. The molecule has 1 atom stereocenters. The molecule has 0 aliphatic rings. The summed E-state index contributed by atoms with van der Waals surface area (Å²) in [5.74, 6) is -0.539. The van der Waals surface area contributed by atoms with E-state index < -0.39 is 12.0 Å². The number of benzene rings is 2. The third kappa shape index (κ3) is 4.67. The summed E-state index contributed by atoms with van der Waals surface area (Å²) in [7, 11) is 1.62. The van der Waals surface area contributed by atoms with Gasteiger partial charge in [0.25, 0.3) is 0 Å². The number of carbonyl (C=O) groups excluding carboxylic acids is 1. The molecule has 0 saturated carbocycles. The standard InChI is InChI=1S/C21H22N2O4/c1-27-17-7-8-19-16(14-17)9-11-23(19)12-10-20(24)22-18(21(25)26)13-15-5-3-2-4-6-15/h2-9,11,14,18H,10,12-13H2,1H3,(H,22,24)(H,25,26). The van der Waals surface area contributed by atoms with E-state index >= 15 is 0 Å². The molecule has 27 heavy (non-hydrogen) atoms. The Hall–Kier alpha value is -3.28. The summed E-state index contributed by atoms with van der Waals surface area (Å²) in [5, 5.41) is 13.0. The first-order chi connectivity index (χ1) is 13.1. The number of fused-ring (bicyclic) bond motifs is 1. The van der Waals surface area contributed by atoms with Crippen LogP contribution in [0.2, 0.25) is 0 Å². The van der Waals surface area contributed by atoms with Gasteiger partial charge in [0.15, 0.2) is 0 Å². The van der Waals surface area contributed by atoms with Gasteiger partial charge in [-0.25, -0.2) is 4.79 Å². The van der Waals surface area contributed by atoms with E-state index in [4.69, 9.17) is 4.74 Å². The predicted octanol–water partition coefficient (Wildman–Crippen LogP) is 2.85. The Bertz CT molecular complexity index is 934. The zero-order valence-electron chi connectivity index (χ0n) is 15.1. The first kappa shape index (κ1) is 18.5. The van der Waals surface area contributed by atoms with Gasteiger partial charge < -0.3 is 19.7 Å². The average Bonchev–Trinajstić information content (AvgIpc) is 3.08. The van der Waals surface area contributed by atoms with E-state index in [1.54, 1.807) is 7.11 Å². The maximum atomic E-state index is 12.3. The Morgan fingerprint density at radius 2 is 1.93 bits per heavy atom. The van der Waals surface area contributed by atoms with Gasteiger partial charge in [-0.2, -0.15) is 0 Å². The third-order valence-corrected chi connectivity index (χ3v) is 4.47. The van der Waals surface area contributed by atoms with Gasteiger partial charge in [-0.3, -0.25) is 4.79 Å². The lowest BCUT2D eigenvalue weighted by atomic mass is 10.1. The molecule has 0 spiro atoms. The van der Waals surface area contributed by atoms with E-state index in [2.05, 4.69) is 5.32 Å². The van der Waals surface area contributed by atoms with Crippen LogP contribution in [-0.4, -0.2) is 34.7 Å². The van der Waals surface area contributed by atoms with Crippen molar-refractivity contribution in [2.45, 2.75) is 25.4 Å². The number of aliphatic carboxylic acids is 1. The van der Waals surface area contributed by atoms with Crippen LogP contribution >= 0.6 is 0 Å². The number of ether oxygens (including phenoxy) is 1. The molecule has 0 saturated heterocycles. The number of aryl methyl sites for hydroxylation is 1. The molecule has 2 N–H and O–H groups in total. The number of carboxylic acid groups (broad SMARTS) is 1. The fourth-order valence-corrected chi connectivity index (χ4v) is 3.04. The van der Waals surface area contributed by atoms with Gasteiger partial charge in [-0.05, 0) is 29.8 Å². The lowest BCUT2D eigenvalue weighted by molar-refractivity contribution is -0.141. The van der Waals surface area contributed by atoms with Crippen LogP contribution in [0.15, 0.2) is 60.8 Å². The van der Waals surface area contributed by atoms with Crippen molar-refractivity contribution in [1.82, 2.24) is 9.88 Å². The highest BCUT2D eigenvalue weighted by Crippen LogP contribution is 2.22. The lowest BCUT2D eigenvalue weighted by Crippen LogP contribution is -2.42. The van der Waals surface area contributed by atoms with Crippen molar-refractivity contribution in [3.05, 3.63) is 66.4 Å². The number of aromatic nitrogens is 1. The molecule has 6 nitrogen and oxygen atoms in total. The number of carboxylic acids is 1. The molecule has 1 unspecified atom stereocenters. The number of nitrogens with one attached hydrogen (secondary N) is 1. The van der Waals surface area contributed by atoms with Crippen LogP contribution in [0.4, 0.5) is 0 Å². The number of hydrogen-bond acceptors (Lipinski definition) is 3. The molecule has 1 aromatic heterocycles. The van der Waals surface area contributed by atoms with Gasteiger partial charge in [0.05, 0.1) is 7.11 Å². The molecule has 0 fully saturated rings. The number of nitrogens with zero attached hydrogens (tertiary/aromatic N) is 1. The van der Waals surface area contributed by atoms with Crippen LogP contribution in [0, 0.1) is 0 Å². The second-order valence-electron chi connectivity index (χ2n) is 6.33.